The Bertz CT molecular complexity index is 382. The van der Waals surface area contributed by atoms with Gasteiger partial charge in [0.25, 0.3) is 0 Å². The molecule has 0 aromatic heterocycles. The van der Waals surface area contributed by atoms with Crippen LogP contribution in [0.25, 0.3) is 0 Å². The Balaban J connectivity index is 1.90. The molecule has 2 rings (SSSR count). The smallest absolute Gasteiger partial charge is 0.183 e. The molecule has 10 heteroatoms. The van der Waals surface area contributed by atoms with Crippen molar-refractivity contribution in [2.24, 2.45) is 0 Å². The van der Waals surface area contributed by atoms with Crippen LogP contribution in [0.4, 0.5) is 0 Å². The normalized spacial score (nSPS) is 49.3. The van der Waals surface area contributed by atoms with Gasteiger partial charge in [0.2, 0.25) is 0 Å². The first-order valence-electron chi connectivity index (χ1n) is 7.46. The summed E-state index contributed by atoms with van der Waals surface area (Å²) in [5, 5.41) is 76.3. The molecule has 23 heavy (non-hydrogen) atoms. The van der Waals surface area contributed by atoms with Gasteiger partial charge in [0.15, 0.2) is 6.29 Å². The Morgan fingerprint density at radius 3 is 1.78 bits per heavy atom. The Hall–Kier alpha value is -0.400. The first kappa shape index (κ1) is 18.9. The number of rotatable bonds is 5. The van der Waals surface area contributed by atoms with Crippen LogP contribution in [0.5, 0.6) is 0 Å². The lowest BCUT2D eigenvalue weighted by atomic mass is 9.93. The molecule has 10 nitrogen and oxygen atoms in total. The second-order valence-electron chi connectivity index (χ2n) is 5.98. The van der Waals surface area contributed by atoms with Gasteiger partial charge in [0.05, 0.1) is 18.8 Å². The molecule has 0 bridgehead atoms. The van der Waals surface area contributed by atoms with Crippen LogP contribution in [0.15, 0.2) is 0 Å². The fourth-order valence-electron chi connectivity index (χ4n) is 2.94. The minimum Gasteiger partial charge on any atom is -0.394 e. The maximum Gasteiger partial charge on any atom is 0.183 e. The fourth-order valence-corrected chi connectivity index (χ4v) is 2.94. The Labute approximate surface area is 132 Å². The molecule has 0 aromatic carbocycles. The minimum absolute atomic E-state index is 0.0540. The van der Waals surface area contributed by atoms with Crippen LogP contribution >= 0.6 is 0 Å². The molecule has 0 aliphatic carbocycles. The van der Waals surface area contributed by atoms with Gasteiger partial charge in [-0.1, -0.05) is 0 Å². The zero-order chi connectivity index (χ0) is 17.3. The lowest BCUT2D eigenvalue weighted by Crippen LogP contribution is -2.57. The van der Waals surface area contributed by atoms with Gasteiger partial charge in [-0.3, -0.25) is 0 Å². The van der Waals surface area contributed by atoms with Crippen molar-refractivity contribution in [3.63, 3.8) is 0 Å². The van der Waals surface area contributed by atoms with E-state index in [2.05, 4.69) is 0 Å². The summed E-state index contributed by atoms with van der Waals surface area (Å²) in [7, 11) is 0. The largest absolute Gasteiger partial charge is 0.394 e. The van der Waals surface area contributed by atoms with Gasteiger partial charge in [-0.25, -0.2) is 0 Å². The van der Waals surface area contributed by atoms with Crippen LogP contribution in [0.2, 0.25) is 0 Å². The zero-order valence-corrected chi connectivity index (χ0v) is 12.3. The monoisotopic (exact) mass is 340 g/mol. The van der Waals surface area contributed by atoms with Gasteiger partial charge in [0, 0.05) is 0 Å². The third-order valence-corrected chi connectivity index (χ3v) is 4.39. The average Bonchev–Trinajstić information content (AvgIpc) is 2.82. The number of ether oxygens (including phenoxy) is 2. The van der Waals surface area contributed by atoms with Crippen LogP contribution < -0.4 is 0 Å². The molecule has 8 N–H and O–H groups in total. The van der Waals surface area contributed by atoms with E-state index in [4.69, 9.17) is 14.6 Å². The Morgan fingerprint density at radius 1 is 0.696 bits per heavy atom. The molecule has 0 amide bonds. The summed E-state index contributed by atoms with van der Waals surface area (Å²) in [6, 6.07) is 0. The second-order valence-corrected chi connectivity index (χ2v) is 5.98. The summed E-state index contributed by atoms with van der Waals surface area (Å²) >= 11 is 0. The molecule has 2 aliphatic heterocycles. The van der Waals surface area contributed by atoms with Crippen molar-refractivity contribution >= 4 is 0 Å². The SMILES string of the molecule is OC[C@@H](O)[C@H]1O[C@H](CC[C@H]2OC(O)[C@H](O)[C@@H](O)[C@H]2O)[C@@H](O)[C@H]1O. The summed E-state index contributed by atoms with van der Waals surface area (Å²) in [6.07, 6.45) is -13.2. The highest BCUT2D eigenvalue weighted by Gasteiger charge is 2.47. The van der Waals surface area contributed by atoms with Crippen molar-refractivity contribution in [3.05, 3.63) is 0 Å². The standard InChI is InChI=1S/C13H24O10/c14-3-4(15)12-10(19)8(17)5(22-12)1-2-6-7(16)9(18)11(20)13(21)23-6/h4-21H,1-3H2/t4-,5-,6-,7+,8-,9+,10-,11-,12-,13?/m1/s1. The lowest BCUT2D eigenvalue weighted by Gasteiger charge is -2.38. The molecule has 2 heterocycles. The van der Waals surface area contributed by atoms with E-state index in [-0.39, 0.29) is 12.8 Å². The maximum atomic E-state index is 9.90. The molecule has 0 aromatic rings. The maximum absolute atomic E-state index is 9.90. The van der Waals surface area contributed by atoms with Gasteiger partial charge < -0.3 is 50.3 Å². The van der Waals surface area contributed by atoms with Crippen LogP contribution in [0.1, 0.15) is 12.8 Å². The van der Waals surface area contributed by atoms with Gasteiger partial charge >= 0.3 is 0 Å². The van der Waals surface area contributed by atoms with Crippen molar-refractivity contribution in [3.8, 4) is 0 Å². The van der Waals surface area contributed by atoms with E-state index in [1.54, 1.807) is 0 Å². The molecular formula is C13H24O10. The van der Waals surface area contributed by atoms with E-state index in [1.807, 2.05) is 0 Å². The molecule has 0 spiro atoms. The van der Waals surface area contributed by atoms with E-state index in [9.17, 15) is 35.7 Å². The van der Waals surface area contributed by atoms with E-state index in [0.29, 0.717) is 0 Å². The minimum atomic E-state index is -1.65. The number of aliphatic hydroxyl groups is 8. The molecule has 2 aliphatic rings. The van der Waals surface area contributed by atoms with Gasteiger partial charge in [-0.2, -0.15) is 0 Å². The van der Waals surface area contributed by atoms with Gasteiger partial charge in [-0.15, -0.1) is 0 Å². The topological polar surface area (TPSA) is 180 Å². The highest BCUT2D eigenvalue weighted by molar-refractivity contribution is 4.95. The number of aliphatic hydroxyl groups excluding tert-OH is 8. The van der Waals surface area contributed by atoms with Crippen molar-refractivity contribution < 1.29 is 50.3 Å². The van der Waals surface area contributed by atoms with E-state index in [1.165, 1.54) is 0 Å². The van der Waals surface area contributed by atoms with Crippen LogP contribution in [0, 0.1) is 0 Å². The summed E-state index contributed by atoms with van der Waals surface area (Å²) in [5.74, 6) is 0. The number of hydrogen-bond acceptors (Lipinski definition) is 10. The van der Waals surface area contributed by atoms with E-state index in [0.717, 1.165) is 0 Å². The summed E-state index contributed by atoms with van der Waals surface area (Å²) in [4.78, 5) is 0. The molecule has 10 atom stereocenters. The Kier molecular flexibility index (Phi) is 6.30. The van der Waals surface area contributed by atoms with Crippen molar-refractivity contribution in [1.82, 2.24) is 0 Å². The predicted molar refractivity (Wildman–Crippen MR) is 71.9 cm³/mol. The van der Waals surface area contributed by atoms with E-state index < -0.39 is 67.8 Å². The van der Waals surface area contributed by atoms with Gasteiger partial charge in [0.1, 0.15) is 42.7 Å². The molecular weight excluding hydrogens is 316 g/mol. The first-order chi connectivity index (χ1) is 10.8. The zero-order valence-electron chi connectivity index (χ0n) is 12.3. The summed E-state index contributed by atoms with van der Waals surface area (Å²) in [5.41, 5.74) is 0. The molecule has 0 radical (unpaired) electrons. The molecule has 136 valence electrons. The third kappa shape index (κ3) is 3.82. The van der Waals surface area contributed by atoms with Crippen molar-refractivity contribution in [2.75, 3.05) is 6.61 Å². The molecule has 2 fully saturated rings. The fraction of sp³-hybridized carbons (Fsp3) is 1.00. The van der Waals surface area contributed by atoms with Crippen molar-refractivity contribution in [2.45, 2.75) is 74.1 Å². The highest BCUT2D eigenvalue weighted by Crippen LogP contribution is 2.29. The van der Waals surface area contributed by atoms with Crippen LogP contribution in [0.3, 0.4) is 0 Å². The quantitative estimate of drug-likeness (QED) is 0.243. The number of hydrogen-bond donors (Lipinski definition) is 8. The average molecular weight is 340 g/mol. The molecule has 0 saturated carbocycles. The van der Waals surface area contributed by atoms with Crippen LogP contribution in [-0.4, -0.2) is 109 Å². The molecule has 1 unspecified atom stereocenters. The van der Waals surface area contributed by atoms with Crippen LogP contribution in [-0.2, 0) is 9.47 Å². The second kappa shape index (κ2) is 7.66. The molecule has 2 saturated heterocycles. The first-order valence-corrected chi connectivity index (χ1v) is 7.46. The summed E-state index contributed by atoms with van der Waals surface area (Å²) in [6.45, 7) is -0.637. The Morgan fingerprint density at radius 2 is 1.22 bits per heavy atom. The summed E-state index contributed by atoms with van der Waals surface area (Å²) < 4.78 is 10.3. The highest BCUT2D eigenvalue weighted by atomic mass is 16.6. The lowest BCUT2D eigenvalue weighted by molar-refractivity contribution is -0.283. The van der Waals surface area contributed by atoms with Gasteiger partial charge in [-0.05, 0) is 12.8 Å². The predicted octanol–water partition coefficient (Wildman–Crippen LogP) is -4.59. The third-order valence-electron chi connectivity index (χ3n) is 4.39. The van der Waals surface area contributed by atoms with Crippen molar-refractivity contribution in [1.29, 1.82) is 0 Å². The van der Waals surface area contributed by atoms with E-state index >= 15 is 0 Å².